The summed E-state index contributed by atoms with van der Waals surface area (Å²) in [7, 11) is 0. The third-order valence-corrected chi connectivity index (χ3v) is 3.25. The van der Waals surface area contributed by atoms with Crippen molar-refractivity contribution in [2.75, 3.05) is 19.7 Å². The molecule has 1 fully saturated rings. The maximum Gasteiger partial charge on any atom is 0.375 e. The highest BCUT2D eigenvalue weighted by Gasteiger charge is 2.39. The van der Waals surface area contributed by atoms with Gasteiger partial charge < -0.3 is 4.74 Å². The van der Waals surface area contributed by atoms with Crippen LogP contribution in [-0.2, 0) is 25.7 Å². The maximum atomic E-state index is 11.9. The lowest BCUT2D eigenvalue weighted by Gasteiger charge is -2.14. The summed E-state index contributed by atoms with van der Waals surface area (Å²) < 4.78 is 4.66. The molecule has 20 heavy (non-hydrogen) atoms. The van der Waals surface area contributed by atoms with Crippen molar-refractivity contribution in [2.24, 2.45) is 5.92 Å². The molecule has 1 aliphatic heterocycles. The Labute approximate surface area is 117 Å². The van der Waals surface area contributed by atoms with Crippen LogP contribution in [-0.4, -0.2) is 42.1 Å². The molecule has 1 unspecified atom stereocenters. The Hall–Kier alpha value is -2.01. The number of esters is 1. The zero-order valence-corrected chi connectivity index (χ0v) is 11.4. The van der Waals surface area contributed by atoms with Gasteiger partial charge in [-0.15, -0.1) is 0 Å². The van der Waals surface area contributed by atoms with Crippen LogP contribution < -0.4 is 0 Å². The number of hydrogen-bond acceptors (Lipinski definition) is 5. The number of likely N-dealkylation sites (tertiary alicyclic amines) is 1. The highest BCUT2D eigenvalue weighted by Crippen LogP contribution is 2.17. The van der Waals surface area contributed by atoms with Crippen molar-refractivity contribution in [1.82, 2.24) is 4.90 Å². The molecule has 1 aromatic rings. The molecule has 0 spiro atoms. The number of hydrogen-bond donors (Lipinski definition) is 0. The fraction of sp³-hybridized carbons (Fsp3) is 0.400. The van der Waals surface area contributed by atoms with Crippen molar-refractivity contribution in [3.05, 3.63) is 35.9 Å². The third-order valence-electron chi connectivity index (χ3n) is 3.25. The quantitative estimate of drug-likeness (QED) is 0.452. The molecule has 1 aliphatic rings. The fourth-order valence-corrected chi connectivity index (χ4v) is 2.29. The summed E-state index contributed by atoms with van der Waals surface area (Å²) in [6, 6.07) is 9.70. The molecular weight excluding hydrogens is 258 g/mol. The molecule has 1 atom stereocenters. The summed E-state index contributed by atoms with van der Waals surface area (Å²) in [6.45, 7) is 2.85. The van der Waals surface area contributed by atoms with Gasteiger partial charge in [0.05, 0.1) is 13.2 Å². The van der Waals surface area contributed by atoms with Crippen LogP contribution in [0.2, 0.25) is 0 Å². The first kappa shape index (κ1) is 14.4. The van der Waals surface area contributed by atoms with Gasteiger partial charge in [0.15, 0.2) is 5.78 Å². The van der Waals surface area contributed by atoms with Crippen LogP contribution in [0.3, 0.4) is 0 Å². The topological polar surface area (TPSA) is 63.7 Å². The molecule has 0 bridgehead atoms. The van der Waals surface area contributed by atoms with Crippen LogP contribution in [0.15, 0.2) is 30.3 Å². The summed E-state index contributed by atoms with van der Waals surface area (Å²) in [4.78, 5) is 36.9. The van der Waals surface area contributed by atoms with E-state index in [1.807, 2.05) is 35.2 Å². The molecule has 0 aromatic heterocycles. The van der Waals surface area contributed by atoms with Gasteiger partial charge in [0.2, 0.25) is 0 Å². The van der Waals surface area contributed by atoms with E-state index in [1.165, 1.54) is 0 Å². The molecule has 0 N–H and O–H groups in total. The molecule has 0 amide bonds. The second kappa shape index (κ2) is 6.43. The standard InChI is InChI=1S/C15H17NO4/c1-2-20-15(19)14(18)12-9-16(10-13(12)17)8-11-6-4-3-5-7-11/h3-7,12H,2,8-10H2,1H3. The smallest absolute Gasteiger partial charge is 0.375 e. The van der Waals surface area contributed by atoms with Crippen LogP contribution in [0.4, 0.5) is 0 Å². The van der Waals surface area contributed by atoms with Crippen LogP contribution in [0.1, 0.15) is 12.5 Å². The Morgan fingerprint density at radius 2 is 2.00 bits per heavy atom. The van der Waals surface area contributed by atoms with Crippen molar-refractivity contribution >= 4 is 17.5 Å². The maximum absolute atomic E-state index is 11.9. The minimum Gasteiger partial charge on any atom is -0.460 e. The first-order valence-corrected chi connectivity index (χ1v) is 6.61. The van der Waals surface area contributed by atoms with E-state index < -0.39 is 17.7 Å². The first-order valence-electron chi connectivity index (χ1n) is 6.61. The van der Waals surface area contributed by atoms with E-state index >= 15 is 0 Å². The molecule has 106 valence electrons. The van der Waals surface area contributed by atoms with Gasteiger partial charge in [0.1, 0.15) is 5.92 Å². The first-order chi connectivity index (χ1) is 9.61. The molecule has 1 saturated heterocycles. The molecule has 5 heteroatoms. The van der Waals surface area contributed by atoms with E-state index in [0.717, 1.165) is 5.56 Å². The zero-order valence-electron chi connectivity index (χ0n) is 11.4. The van der Waals surface area contributed by atoms with Gasteiger partial charge >= 0.3 is 5.97 Å². The minimum absolute atomic E-state index is 0.138. The number of carbonyl (C=O) groups excluding carboxylic acids is 3. The molecular formula is C15H17NO4. The van der Waals surface area contributed by atoms with Crippen molar-refractivity contribution in [2.45, 2.75) is 13.5 Å². The minimum atomic E-state index is -0.910. The van der Waals surface area contributed by atoms with Gasteiger partial charge in [-0.1, -0.05) is 30.3 Å². The summed E-state index contributed by atoms with van der Waals surface area (Å²) in [5.74, 6) is -2.73. The molecule has 1 aromatic carbocycles. The predicted molar refractivity (Wildman–Crippen MR) is 71.9 cm³/mol. The lowest BCUT2D eigenvalue weighted by atomic mass is 10.0. The Kier molecular flexibility index (Phi) is 4.63. The Morgan fingerprint density at radius 3 is 2.65 bits per heavy atom. The second-order valence-electron chi connectivity index (χ2n) is 4.76. The van der Waals surface area contributed by atoms with Crippen LogP contribution >= 0.6 is 0 Å². The van der Waals surface area contributed by atoms with Gasteiger partial charge in [0.25, 0.3) is 5.78 Å². The summed E-state index contributed by atoms with van der Waals surface area (Å²) >= 11 is 0. The third kappa shape index (κ3) is 3.30. The van der Waals surface area contributed by atoms with Crippen molar-refractivity contribution in [3.8, 4) is 0 Å². The van der Waals surface area contributed by atoms with E-state index in [2.05, 4.69) is 4.74 Å². The van der Waals surface area contributed by atoms with E-state index in [4.69, 9.17) is 0 Å². The number of carbonyl (C=O) groups is 3. The van der Waals surface area contributed by atoms with Crippen LogP contribution in [0.5, 0.6) is 0 Å². The average Bonchev–Trinajstić information content (AvgIpc) is 2.80. The average molecular weight is 275 g/mol. The largest absolute Gasteiger partial charge is 0.460 e. The predicted octanol–water partition coefficient (Wildman–Crippen LogP) is 0.820. The Bertz CT molecular complexity index is 512. The normalized spacial score (nSPS) is 19.1. The van der Waals surface area contributed by atoms with Crippen LogP contribution in [0, 0.1) is 5.92 Å². The molecule has 0 aliphatic carbocycles. The van der Waals surface area contributed by atoms with Gasteiger partial charge in [-0.05, 0) is 12.5 Å². The van der Waals surface area contributed by atoms with Gasteiger partial charge in [0, 0.05) is 13.1 Å². The second-order valence-corrected chi connectivity index (χ2v) is 4.76. The van der Waals surface area contributed by atoms with E-state index in [1.54, 1.807) is 6.92 Å². The number of Topliss-reactive ketones (excluding diaryl/α,β-unsaturated/α-hetero) is 2. The number of ether oxygens (including phenoxy) is 1. The van der Waals surface area contributed by atoms with E-state index in [9.17, 15) is 14.4 Å². The number of ketones is 2. The lowest BCUT2D eigenvalue weighted by Crippen LogP contribution is -2.31. The molecule has 5 nitrogen and oxygen atoms in total. The molecule has 2 rings (SSSR count). The van der Waals surface area contributed by atoms with Crippen molar-refractivity contribution < 1.29 is 19.1 Å². The highest BCUT2D eigenvalue weighted by molar-refractivity contribution is 6.38. The zero-order chi connectivity index (χ0) is 14.5. The van der Waals surface area contributed by atoms with Gasteiger partial charge in [-0.25, -0.2) is 4.79 Å². The Morgan fingerprint density at radius 1 is 1.30 bits per heavy atom. The van der Waals surface area contributed by atoms with Gasteiger partial charge in [-0.2, -0.15) is 0 Å². The van der Waals surface area contributed by atoms with Crippen molar-refractivity contribution in [3.63, 3.8) is 0 Å². The highest BCUT2D eigenvalue weighted by atomic mass is 16.5. The van der Waals surface area contributed by atoms with E-state index in [-0.39, 0.29) is 25.5 Å². The number of benzene rings is 1. The lowest BCUT2D eigenvalue weighted by molar-refractivity contribution is -0.156. The summed E-state index contributed by atoms with van der Waals surface area (Å²) in [6.07, 6.45) is 0. The summed E-state index contributed by atoms with van der Waals surface area (Å²) in [5, 5.41) is 0. The monoisotopic (exact) mass is 275 g/mol. The van der Waals surface area contributed by atoms with E-state index in [0.29, 0.717) is 6.54 Å². The SMILES string of the molecule is CCOC(=O)C(=O)C1CN(Cc2ccccc2)CC1=O. The summed E-state index contributed by atoms with van der Waals surface area (Å²) in [5.41, 5.74) is 1.07. The molecule has 0 radical (unpaired) electrons. The van der Waals surface area contributed by atoms with Crippen LogP contribution in [0.25, 0.3) is 0 Å². The van der Waals surface area contributed by atoms with Crippen molar-refractivity contribution in [1.29, 1.82) is 0 Å². The fourth-order valence-electron chi connectivity index (χ4n) is 2.29. The number of nitrogens with zero attached hydrogens (tertiary/aromatic N) is 1. The molecule has 1 heterocycles. The number of rotatable bonds is 5. The van der Waals surface area contributed by atoms with Gasteiger partial charge in [-0.3, -0.25) is 14.5 Å². The molecule has 0 saturated carbocycles. The Balaban J connectivity index is 1.97.